The van der Waals surface area contributed by atoms with Gasteiger partial charge in [-0.15, -0.1) is 0 Å². The summed E-state index contributed by atoms with van der Waals surface area (Å²) in [4.78, 5) is 35.5. The minimum Gasteiger partial charge on any atom is -0.352 e. The Morgan fingerprint density at radius 2 is 2.08 bits per heavy atom. The zero-order chi connectivity index (χ0) is 18.3. The maximum atomic E-state index is 12.8. The van der Waals surface area contributed by atoms with Gasteiger partial charge in [-0.3, -0.25) is 9.59 Å². The molecule has 1 saturated heterocycles. The Morgan fingerprint density at radius 3 is 2.85 bits per heavy atom. The highest BCUT2D eigenvalue weighted by atomic mass is 16.2. The van der Waals surface area contributed by atoms with E-state index in [2.05, 4.69) is 20.4 Å². The van der Waals surface area contributed by atoms with Crippen molar-refractivity contribution in [3.63, 3.8) is 0 Å². The standard InChI is InChI=1S/C18H24N6O2/c1-11-14(12(2)24-18(21-11)19-10-20-24)7-8-16(25)23-9-3-4-15(23)17(26)22-13-5-6-13/h10,13,15H,3-9H2,1-2H3,(H,22,26). The zero-order valence-corrected chi connectivity index (χ0v) is 15.2. The Hall–Kier alpha value is -2.51. The summed E-state index contributed by atoms with van der Waals surface area (Å²) in [5.74, 6) is 0.624. The Balaban J connectivity index is 1.44. The van der Waals surface area contributed by atoms with E-state index in [-0.39, 0.29) is 17.9 Å². The van der Waals surface area contributed by atoms with Crippen LogP contribution < -0.4 is 5.32 Å². The maximum absolute atomic E-state index is 12.8. The van der Waals surface area contributed by atoms with E-state index in [9.17, 15) is 9.59 Å². The van der Waals surface area contributed by atoms with Gasteiger partial charge in [-0.2, -0.15) is 10.1 Å². The molecule has 1 aliphatic carbocycles. The van der Waals surface area contributed by atoms with Crippen LogP contribution in [0.3, 0.4) is 0 Å². The molecule has 8 heteroatoms. The molecule has 2 aromatic rings. The van der Waals surface area contributed by atoms with E-state index in [0.717, 1.165) is 42.6 Å². The van der Waals surface area contributed by atoms with Crippen LogP contribution in [0.4, 0.5) is 0 Å². The van der Waals surface area contributed by atoms with Crippen LogP contribution in [0.15, 0.2) is 6.33 Å². The number of likely N-dealkylation sites (tertiary alicyclic amines) is 1. The molecular weight excluding hydrogens is 332 g/mol. The van der Waals surface area contributed by atoms with E-state index in [1.165, 1.54) is 6.33 Å². The molecule has 0 bridgehead atoms. The first-order chi connectivity index (χ1) is 12.5. The van der Waals surface area contributed by atoms with Gasteiger partial charge >= 0.3 is 0 Å². The molecule has 2 aliphatic rings. The largest absolute Gasteiger partial charge is 0.352 e. The number of fused-ring (bicyclic) bond motifs is 1. The van der Waals surface area contributed by atoms with E-state index >= 15 is 0 Å². The van der Waals surface area contributed by atoms with Gasteiger partial charge in [-0.05, 0) is 51.5 Å². The molecule has 0 spiro atoms. The topological polar surface area (TPSA) is 92.5 Å². The predicted molar refractivity (Wildman–Crippen MR) is 94.5 cm³/mol. The van der Waals surface area contributed by atoms with Gasteiger partial charge < -0.3 is 10.2 Å². The van der Waals surface area contributed by atoms with Crippen LogP contribution in [0.2, 0.25) is 0 Å². The molecule has 2 aromatic heterocycles. The van der Waals surface area contributed by atoms with Crippen molar-refractivity contribution >= 4 is 17.6 Å². The third-order valence-corrected chi connectivity index (χ3v) is 5.38. The Morgan fingerprint density at radius 1 is 1.27 bits per heavy atom. The summed E-state index contributed by atoms with van der Waals surface area (Å²) in [6.07, 6.45) is 6.21. The number of nitrogens with zero attached hydrogens (tertiary/aromatic N) is 5. The molecule has 138 valence electrons. The molecule has 0 radical (unpaired) electrons. The molecule has 0 aromatic carbocycles. The fourth-order valence-electron chi connectivity index (χ4n) is 3.76. The average molecular weight is 356 g/mol. The molecular formula is C18H24N6O2. The number of hydrogen-bond donors (Lipinski definition) is 1. The first-order valence-electron chi connectivity index (χ1n) is 9.30. The van der Waals surface area contributed by atoms with Gasteiger partial charge in [0, 0.05) is 30.4 Å². The molecule has 4 rings (SSSR count). The molecule has 1 atom stereocenters. The van der Waals surface area contributed by atoms with Crippen molar-refractivity contribution in [1.29, 1.82) is 0 Å². The van der Waals surface area contributed by atoms with Crippen LogP contribution in [0.5, 0.6) is 0 Å². The van der Waals surface area contributed by atoms with E-state index in [1.54, 1.807) is 9.42 Å². The van der Waals surface area contributed by atoms with Gasteiger partial charge in [0.1, 0.15) is 12.4 Å². The number of aromatic nitrogens is 4. The number of aryl methyl sites for hydroxylation is 2. The fraction of sp³-hybridized carbons (Fsp3) is 0.611. The van der Waals surface area contributed by atoms with E-state index in [1.807, 2.05) is 13.8 Å². The first kappa shape index (κ1) is 16.9. The van der Waals surface area contributed by atoms with Gasteiger partial charge in [-0.25, -0.2) is 9.50 Å². The van der Waals surface area contributed by atoms with Crippen LogP contribution in [-0.2, 0) is 16.0 Å². The van der Waals surface area contributed by atoms with Crippen molar-refractivity contribution < 1.29 is 9.59 Å². The van der Waals surface area contributed by atoms with Crippen molar-refractivity contribution in [1.82, 2.24) is 29.8 Å². The summed E-state index contributed by atoms with van der Waals surface area (Å²) in [5, 5.41) is 7.22. The molecule has 2 fully saturated rings. The van der Waals surface area contributed by atoms with Gasteiger partial charge in [0.05, 0.1) is 0 Å². The van der Waals surface area contributed by atoms with E-state index in [4.69, 9.17) is 0 Å². The molecule has 8 nitrogen and oxygen atoms in total. The van der Waals surface area contributed by atoms with E-state index in [0.29, 0.717) is 31.2 Å². The molecule has 3 heterocycles. The van der Waals surface area contributed by atoms with Gasteiger partial charge in [0.25, 0.3) is 5.78 Å². The highest BCUT2D eigenvalue weighted by molar-refractivity contribution is 5.88. The lowest BCUT2D eigenvalue weighted by atomic mass is 10.1. The van der Waals surface area contributed by atoms with Gasteiger partial charge in [0.15, 0.2) is 0 Å². The summed E-state index contributed by atoms with van der Waals surface area (Å²) < 4.78 is 1.70. The number of rotatable bonds is 5. The van der Waals surface area contributed by atoms with Gasteiger partial charge in [0.2, 0.25) is 11.8 Å². The van der Waals surface area contributed by atoms with E-state index < -0.39 is 0 Å². The van der Waals surface area contributed by atoms with Gasteiger partial charge in [-0.1, -0.05) is 0 Å². The lowest BCUT2D eigenvalue weighted by Crippen LogP contribution is -2.46. The van der Waals surface area contributed by atoms with Crippen molar-refractivity contribution in [2.75, 3.05) is 6.54 Å². The summed E-state index contributed by atoms with van der Waals surface area (Å²) in [7, 11) is 0. The van der Waals surface area contributed by atoms with Crippen molar-refractivity contribution in [2.45, 2.75) is 64.5 Å². The number of carbonyl (C=O) groups is 2. The Bertz CT molecular complexity index is 857. The quantitative estimate of drug-likeness (QED) is 0.861. The minimum absolute atomic E-state index is 0.0106. The van der Waals surface area contributed by atoms with Crippen LogP contribution in [-0.4, -0.2) is 54.9 Å². The molecule has 2 amide bonds. The fourth-order valence-corrected chi connectivity index (χ4v) is 3.76. The summed E-state index contributed by atoms with van der Waals surface area (Å²) in [6, 6.07) is 0.0204. The highest BCUT2D eigenvalue weighted by Crippen LogP contribution is 2.23. The minimum atomic E-state index is -0.304. The zero-order valence-electron chi connectivity index (χ0n) is 15.2. The molecule has 26 heavy (non-hydrogen) atoms. The van der Waals surface area contributed by atoms with Crippen molar-refractivity contribution in [3.8, 4) is 0 Å². The normalized spacial score (nSPS) is 19.9. The van der Waals surface area contributed by atoms with Crippen LogP contribution >= 0.6 is 0 Å². The van der Waals surface area contributed by atoms with Crippen LogP contribution in [0, 0.1) is 13.8 Å². The number of carbonyl (C=O) groups excluding carboxylic acids is 2. The lowest BCUT2D eigenvalue weighted by Gasteiger charge is -2.24. The second kappa shape index (κ2) is 6.66. The maximum Gasteiger partial charge on any atom is 0.252 e. The number of amides is 2. The first-order valence-corrected chi connectivity index (χ1v) is 9.30. The smallest absolute Gasteiger partial charge is 0.252 e. The molecule has 1 aliphatic heterocycles. The van der Waals surface area contributed by atoms with Crippen molar-refractivity contribution in [3.05, 3.63) is 23.3 Å². The second-order valence-electron chi connectivity index (χ2n) is 7.26. The van der Waals surface area contributed by atoms with Crippen molar-refractivity contribution in [2.24, 2.45) is 0 Å². The molecule has 1 N–H and O–H groups in total. The highest BCUT2D eigenvalue weighted by Gasteiger charge is 2.36. The summed E-state index contributed by atoms with van der Waals surface area (Å²) in [6.45, 7) is 4.57. The third-order valence-electron chi connectivity index (χ3n) is 5.38. The monoisotopic (exact) mass is 356 g/mol. The molecule has 1 unspecified atom stereocenters. The van der Waals surface area contributed by atoms with Crippen LogP contribution in [0.1, 0.15) is 49.1 Å². The molecule has 1 saturated carbocycles. The SMILES string of the molecule is Cc1nc2ncnn2c(C)c1CCC(=O)N1CCCC1C(=O)NC1CC1. The predicted octanol–water partition coefficient (Wildman–Crippen LogP) is 0.943. The second-order valence-corrected chi connectivity index (χ2v) is 7.26. The number of hydrogen-bond acceptors (Lipinski definition) is 5. The summed E-state index contributed by atoms with van der Waals surface area (Å²) in [5.41, 5.74) is 2.86. The van der Waals surface area contributed by atoms with Crippen LogP contribution in [0.25, 0.3) is 5.78 Å². The Kier molecular flexibility index (Phi) is 4.34. The third kappa shape index (κ3) is 3.15. The number of nitrogens with one attached hydrogen (secondary N) is 1. The lowest BCUT2D eigenvalue weighted by molar-refractivity contribution is -0.138. The Labute approximate surface area is 152 Å². The average Bonchev–Trinajstić information content (AvgIpc) is 3.11. The summed E-state index contributed by atoms with van der Waals surface area (Å²) >= 11 is 0.